The number of carbonyl (C=O) groups is 1. The highest BCUT2D eigenvalue weighted by atomic mass is 16.3. The zero-order valence-electron chi connectivity index (χ0n) is 14.9. The molecule has 2 aromatic rings. The maximum atomic E-state index is 13.3. The SMILES string of the molecule is O=C([C@H](Cc1ccccc1)n1cnnn1)N1CC[C@@]2(O)CCCC[C@H]2C1. The number of carbonyl (C=O) groups excluding carboxylic acids is 1. The molecule has 1 aromatic heterocycles. The number of amides is 1. The minimum atomic E-state index is -0.585. The van der Waals surface area contributed by atoms with Gasteiger partial charge in [0.2, 0.25) is 5.91 Å². The molecule has 1 aliphatic carbocycles. The third-order valence-corrected chi connectivity index (χ3v) is 5.98. The molecule has 138 valence electrons. The van der Waals surface area contributed by atoms with Crippen LogP contribution < -0.4 is 0 Å². The lowest BCUT2D eigenvalue weighted by molar-refractivity contribution is -0.147. The van der Waals surface area contributed by atoms with Crippen molar-refractivity contribution in [1.29, 1.82) is 0 Å². The van der Waals surface area contributed by atoms with Gasteiger partial charge >= 0.3 is 0 Å². The van der Waals surface area contributed by atoms with E-state index in [1.807, 2.05) is 35.2 Å². The Morgan fingerprint density at radius 2 is 2.12 bits per heavy atom. The summed E-state index contributed by atoms with van der Waals surface area (Å²) in [5, 5.41) is 22.3. The maximum Gasteiger partial charge on any atom is 0.247 e. The van der Waals surface area contributed by atoms with Gasteiger partial charge in [-0.15, -0.1) is 5.10 Å². The van der Waals surface area contributed by atoms with Crippen molar-refractivity contribution < 1.29 is 9.90 Å². The summed E-state index contributed by atoms with van der Waals surface area (Å²) < 4.78 is 1.55. The lowest BCUT2D eigenvalue weighted by Gasteiger charge is -2.47. The Bertz CT molecular complexity index is 736. The molecule has 0 unspecified atom stereocenters. The van der Waals surface area contributed by atoms with Gasteiger partial charge in [0.15, 0.2) is 0 Å². The first kappa shape index (κ1) is 17.1. The molecule has 4 rings (SSSR count). The molecular weight excluding hydrogens is 330 g/mol. The number of aliphatic hydroxyl groups is 1. The summed E-state index contributed by atoms with van der Waals surface area (Å²) in [6.45, 7) is 1.22. The number of hydrogen-bond donors (Lipinski definition) is 1. The number of nitrogens with zero attached hydrogens (tertiary/aromatic N) is 5. The summed E-state index contributed by atoms with van der Waals surface area (Å²) in [6, 6.07) is 9.48. The van der Waals surface area contributed by atoms with Gasteiger partial charge in [0.05, 0.1) is 5.60 Å². The minimum absolute atomic E-state index is 0.0359. The van der Waals surface area contributed by atoms with Gasteiger partial charge < -0.3 is 10.0 Å². The normalized spacial score (nSPS) is 27.0. The van der Waals surface area contributed by atoms with E-state index in [-0.39, 0.29) is 11.8 Å². The monoisotopic (exact) mass is 355 g/mol. The average Bonchev–Trinajstić information content (AvgIpc) is 3.20. The number of likely N-dealkylation sites (tertiary alicyclic amines) is 1. The molecule has 0 bridgehead atoms. The molecule has 7 heteroatoms. The number of hydrogen-bond acceptors (Lipinski definition) is 5. The predicted molar refractivity (Wildman–Crippen MR) is 95.1 cm³/mol. The van der Waals surface area contributed by atoms with Gasteiger partial charge in [-0.2, -0.15) is 0 Å². The van der Waals surface area contributed by atoms with Crippen LogP contribution in [0, 0.1) is 5.92 Å². The number of aromatic nitrogens is 4. The predicted octanol–water partition coefficient (Wildman–Crippen LogP) is 1.61. The van der Waals surface area contributed by atoms with Crippen LogP contribution in [0.4, 0.5) is 0 Å². The highest BCUT2D eigenvalue weighted by Crippen LogP contribution is 2.40. The van der Waals surface area contributed by atoms with E-state index in [1.165, 1.54) is 6.33 Å². The van der Waals surface area contributed by atoms with E-state index in [1.54, 1.807) is 4.68 Å². The maximum absolute atomic E-state index is 13.3. The van der Waals surface area contributed by atoms with Crippen LogP contribution in [0.1, 0.15) is 43.7 Å². The van der Waals surface area contributed by atoms with E-state index >= 15 is 0 Å². The molecule has 0 spiro atoms. The van der Waals surface area contributed by atoms with Crippen molar-refractivity contribution in [3.05, 3.63) is 42.2 Å². The number of fused-ring (bicyclic) bond motifs is 1. The van der Waals surface area contributed by atoms with Crippen LogP contribution in [-0.2, 0) is 11.2 Å². The van der Waals surface area contributed by atoms with Gasteiger partial charge in [-0.1, -0.05) is 43.2 Å². The number of rotatable bonds is 4. The molecule has 2 aliphatic rings. The lowest BCUT2D eigenvalue weighted by atomic mass is 9.71. The van der Waals surface area contributed by atoms with Crippen molar-refractivity contribution in [3.63, 3.8) is 0 Å². The van der Waals surface area contributed by atoms with Crippen LogP contribution in [0.5, 0.6) is 0 Å². The van der Waals surface area contributed by atoms with E-state index in [4.69, 9.17) is 0 Å². The first-order chi connectivity index (χ1) is 12.7. The molecule has 7 nitrogen and oxygen atoms in total. The molecular formula is C19H25N5O2. The quantitative estimate of drug-likeness (QED) is 0.901. The molecule has 0 radical (unpaired) electrons. The smallest absolute Gasteiger partial charge is 0.247 e. The highest BCUT2D eigenvalue weighted by Gasteiger charge is 2.44. The largest absolute Gasteiger partial charge is 0.389 e. The summed E-state index contributed by atoms with van der Waals surface area (Å²) >= 11 is 0. The van der Waals surface area contributed by atoms with Crippen molar-refractivity contribution in [2.45, 2.75) is 50.2 Å². The second kappa shape index (κ2) is 7.15. The topological polar surface area (TPSA) is 84.1 Å². The summed E-state index contributed by atoms with van der Waals surface area (Å²) in [7, 11) is 0. The van der Waals surface area contributed by atoms with Gasteiger partial charge in [-0.05, 0) is 35.3 Å². The Kier molecular flexibility index (Phi) is 4.72. The number of benzene rings is 1. The van der Waals surface area contributed by atoms with Gasteiger partial charge in [0.25, 0.3) is 0 Å². The summed E-state index contributed by atoms with van der Waals surface area (Å²) in [5.41, 5.74) is 0.492. The fraction of sp³-hybridized carbons (Fsp3) is 0.579. The molecule has 1 aromatic carbocycles. The molecule has 1 saturated carbocycles. The molecule has 26 heavy (non-hydrogen) atoms. The lowest BCUT2D eigenvalue weighted by Crippen LogP contribution is -2.55. The zero-order chi connectivity index (χ0) is 18.0. The van der Waals surface area contributed by atoms with Gasteiger partial charge in [0.1, 0.15) is 12.4 Å². The van der Waals surface area contributed by atoms with Crippen molar-refractivity contribution in [2.75, 3.05) is 13.1 Å². The number of piperidine rings is 1. The van der Waals surface area contributed by atoms with E-state index in [9.17, 15) is 9.90 Å². The Labute approximate surface area is 153 Å². The fourth-order valence-electron chi connectivity index (χ4n) is 4.42. The van der Waals surface area contributed by atoms with E-state index in [0.29, 0.717) is 25.9 Å². The Morgan fingerprint density at radius 1 is 1.27 bits per heavy atom. The summed E-state index contributed by atoms with van der Waals surface area (Å²) in [6.07, 6.45) is 6.80. The molecule has 3 atom stereocenters. The van der Waals surface area contributed by atoms with Crippen LogP contribution >= 0.6 is 0 Å². The molecule has 1 aliphatic heterocycles. The minimum Gasteiger partial charge on any atom is -0.389 e. The van der Waals surface area contributed by atoms with Crippen LogP contribution in [0.2, 0.25) is 0 Å². The van der Waals surface area contributed by atoms with Crippen LogP contribution in [0.25, 0.3) is 0 Å². The molecule has 1 N–H and O–H groups in total. The van der Waals surface area contributed by atoms with Gasteiger partial charge in [0, 0.05) is 25.4 Å². The Balaban J connectivity index is 1.53. The third-order valence-electron chi connectivity index (χ3n) is 5.98. The fourth-order valence-corrected chi connectivity index (χ4v) is 4.42. The third kappa shape index (κ3) is 3.35. The molecule has 1 amide bonds. The zero-order valence-corrected chi connectivity index (χ0v) is 14.9. The second-order valence-corrected chi connectivity index (χ2v) is 7.58. The standard InChI is InChI=1S/C19H25N5O2/c25-18(23-11-10-19(26)9-5-4-8-16(19)13-23)17(24-14-20-21-22-24)12-15-6-2-1-3-7-15/h1-3,6-7,14,16-17,26H,4-5,8-13H2/t16-,17-,19-/m0/s1. The molecule has 2 fully saturated rings. The molecule has 2 heterocycles. The Morgan fingerprint density at radius 3 is 2.88 bits per heavy atom. The van der Waals surface area contributed by atoms with Crippen LogP contribution in [-0.4, -0.2) is 54.8 Å². The van der Waals surface area contributed by atoms with Crippen molar-refractivity contribution >= 4 is 5.91 Å². The number of tetrazole rings is 1. The van der Waals surface area contributed by atoms with E-state index in [2.05, 4.69) is 15.5 Å². The molecule has 1 saturated heterocycles. The van der Waals surface area contributed by atoms with E-state index < -0.39 is 11.6 Å². The van der Waals surface area contributed by atoms with Gasteiger partial charge in [-0.25, -0.2) is 4.68 Å². The average molecular weight is 355 g/mol. The van der Waals surface area contributed by atoms with Gasteiger partial charge in [-0.3, -0.25) is 4.79 Å². The van der Waals surface area contributed by atoms with Crippen molar-refractivity contribution in [2.24, 2.45) is 5.92 Å². The van der Waals surface area contributed by atoms with E-state index in [0.717, 1.165) is 31.2 Å². The van der Waals surface area contributed by atoms with Crippen LogP contribution in [0.15, 0.2) is 36.7 Å². The first-order valence-electron chi connectivity index (χ1n) is 9.43. The highest BCUT2D eigenvalue weighted by molar-refractivity contribution is 5.80. The Hall–Kier alpha value is -2.28. The van der Waals surface area contributed by atoms with Crippen molar-refractivity contribution in [1.82, 2.24) is 25.1 Å². The summed E-state index contributed by atoms with van der Waals surface area (Å²) in [5.74, 6) is 0.217. The van der Waals surface area contributed by atoms with Crippen molar-refractivity contribution in [3.8, 4) is 0 Å². The summed E-state index contributed by atoms with van der Waals surface area (Å²) in [4.78, 5) is 15.2. The first-order valence-corrected chi connectivity index (χ1v) is 9.43. The van der Waals surface area contributed by atoms with Crippen LogP contribution in [0.3, 0.4) is 0 Å². The second-order valence-electron chi connectivity index (χ2n) is 7.58.